The van der Waals surface area contributed by atoms with E-state index in [-0.39, 0.29) is 11.5 Å². The van der Waals surface area contributed by atoms with Gasteiger partial charge in [-0.25, -0.2) is 0 Å². The molecule has 0 rings (SSSR count). The number of hydrogen-bond acceptors (Lipinski definition) is 3. The summed E-state index contributed by atoms with van der Waals surface area (Å²) in [7, 11) is 0.157. The molecule has 0 amide bonds. The summed E-state index contributed by atoms with van der Waals surface area (Å²) in [6.07, 6.45) is 2.07. The second-order valence-corrected chi connectivity index (χ2v) is 21.4. The number of ether oxygens (including phenoxy) is 2. The maximum Gasteiger partial charge on any atom is 0.231 e. The summed E-state index contributed by atoms with van der Waals surface area (Å²) < 4.78 is 18.4. The summed E-state index contributed by atoms with van der Waals surface area (Å²) in [5.74, 6) is 0. The highest BCUT2D eigenvalue weighted by Crippen LogP contribution is 2.28. The van der Waals surface area contributed by atoms with Crippen molar-refractivity contribution >= 4 is 24.9 Å². The smallest absolute Gasteiger partial charge is 0.231 e. The van der Waals surface area contributed by atoms with Crippen molar-refractivity contribution in [2.45, 2.75) is 70.4 Å². The number of hydrogen-bond donors (Lipinski definition) is 0. The molecule has 0 N–H and O–H groups in total. The van der Waals surface area contributed by atoms with Crippen molar-refractivity contribution < 1.29 is 13.9 Å². The highest BCUT2D eigenvalue weighted by molar-refractivity contribution is 7.30. The van der Waals surface area contributed by atoms with Gasteiger partial charge in [-0.1, -0.05) is 40.0 Å². The van der Waals surface area contributed by atoms with E-state index >= 15 is 0 Å². The molecule has 0 heterocycles. The van der Waals surface area contributed by atoms with E-state index in [1.807, 2.05) is 14.2 Å². The van der Waals surface area contributed by atoms with Crippen LogP contribution < -0.4 is 0 Å². The average molecular weight is 337 g/mol. The van der Waals surface area contributed by atoms with Crippen LogP contribution in [0.2, 0.25) is 32.2 Å². The Labute approximate surface area is 130 Å². The minimum Gasteiger partial charge on any atom is -0.415 e. The summed E-state index contributed by atoms with van der Waals surface area (Å²) >= 11 is 0. The molecular formula is C14H36O3Si3. The lowest BCUT2D eigenvalue weighted by Gasteiger charge is -2.44. The monoisotopic (exact) mass is 336 g/mol. The maximum atomic E-state index is 6.68. The summed E-state index contributed by atoms with van der Waals surface area (Å²) in [5, 5.41) is 0. The summed E-state index contributed by atoms with van der Waals surface area (Å²) in [6.45, 7) is 15.0. The van der Waals surface area contributed by atoms with Gasteiger partial charge in [0.05, 0.1) is 19.8 Å². The van der Waals surface area contributed by atoms with Gasteiger partial charge in [-0.2, -0.15) is 0 Å². The molecule has 122 valence electrons. The van der Waals surface area contributed by atoms with Crippen LogP contribution in [0.1, 0.15) is 26.7 Å². The molecular weight excluding hydrogens is 300 g/mol. The van der Waals surface area contributed by atoms with E-state index in [1.165, 1.54) is 6.04 Å². The Morgan fingerprint density at radius 3 is 1.60 bits per heavy atom. The second kappa shape index (κ2) is 10.3. The minimum atomic E-state index is -1.98. The molecule has 0 aromatic heterocycles. The molecule has 0 spiro atoms. The zero-order valence-corrected chi connectivity index (χ0v) is 18.2. The molecule has 0 aromatic carbocycles. The Morgan fingerprint density at radius 2 is 1.35 bits per heavy atom. The van der Waals surface area contributed by atoms with Gasteiger partial charge in [0, 0.05) is 29.6 Å². The third-order valence-corrected chi connectivity index (χ3v) is 19.6. The van der Waals surface area contributed by atoms with Crippen LogP contribution in [0.3, 0.4) is 0 Å². The first-order valence-corrected chi connectivity index (χ1v) is 17.4. The first kappa shape index (κ1) is 20.5. The molecule has 0 radical (unpaired) electrons. The predicted molar refractivity (Wildman–Crippen MR) is 96.4 cm³/mol. The fraction of sp³-hybridized carbons (Fsp3) is 1.00. The molecule has 2 unspecified atom stereocenters. The van der Waals surface area contributed by atoms with Gasteiger partial charge in [0.1, 0.15) is 0 Å². The van der Waals surface area contributed by atoms with Crippen LogP contribution in [0.5, 0.6) is 0 Å². The molecule has 20 heavy (non-hydrogen) atoms. The van der Waals surface area contributed by atoms with Gasteiger partial charge in [-0.05, 0) is 18.9 Å². The Balaban J connectivity index is 5.32. The normalized spacial score (nSPS) is 18.3. The largest absolute Gasteiger partial charge is 0.415 e. The zero-order valence-electron chi connectivity index (χ0n) is 14.9. The summed E-state index contributed by atoms with van der Waals surface area (Å²) in [5.41, 5.74) is 0.542. The van der Waals surface area contributed by atoms with E-state index in [2.05, 4.69) is 40.0 Å². The van der Waals surface area contributed by atoms with E-state index in [9.17, 15) is 0 Å². The van der Waals surface area contributed by atoms with Crippen molar-refractivity contribution in [1.29, 1.82) is 0 Å². The molecule has 0 aliphatic rings. The first-order valence-electron chi connectivity index (χ1n) is 8.10. The zero-order chi connectivity index (χ0) is 15.8. The van der Waals surface area contributed by atoms with Crippen LogP contribution in [-0.2, 0) is 13.9 Å². The van der Waals surface area contributed by atoms with Crippen LogP contribution in [0.4, 0.5) is 0 Å². The standard InChI is InChI=1S/C14H36O3Si3/c1-9-13(15-3)20(19(7)8,14(10-2)16-4)17-11-12-18(5)6/h13-14,18-19H,9-12H2,1-8H3. The van der Waals surface area contributed by atoms with Crippen molar-refractivity contribution in [1.82, 2.24) is 0 Å². The van der Waals surface area contributed by atoms with Gasteiger partial charge in [0.15, 0.2) is 0 Å². The Bertz CT molecular complexity index is 230. The lowest BCUT2D eigenvalue weighted by atomic mass is 10.5. The van der Waals surface area contributed by atoms with Gasteiger partial charge in [-0.15, -0.1) is 0 Å². The Morgan fingerprint density at radius 1 is 0.900 bits per heavy atom. The number of rotatable bonds is 11. The van der Waals surface area contributed by atoms with E-state index in [0.29, 0.717) is 0 Å². The lowest BCUT2D eigenvalue weighted by Crippen LogP contribution is -2.69. The molecule has 6 heteroatoms. The molecule has 0 bridgehead atoms. The van der Waals surface area contributed by atoms with Crippen molar-refractivity contribution in [2.75, 3.05) is 20.8 Å². The number of methoxy groups -OCH3 is 2. The maximum absolute atomic E-state index is 6.68. The van der Waals surface area contributed by atoms with Crippen LogP contribution in [0.25, 0.3) is 0 Å². The van der Waals surface area contributed by atoms with E-state index in [4.69, 9.17) is 13.9 Å². The molecule has 0 saturated carbocycles. The van der Waals surface area contributed by atoms with Crippen molar-refractivity contribution in [2.24, 2.45) is 0 Å². The molecule has 0 fully saturated rings. The Hall–Kier alpha value is 0.531. The summed E-state index contributed by atoms with van der Waals surface area (Å²) in [6, 6.07) is 1.26. The van der Waals surface area contributed by atoms with Gasteiger partial charge >= 0.3 is 0 Å². The first-order chi connectivity index (χ1) is 9.40. The second-order valence-electron chi connectivity index (χ2n) is 6.30. The van der Waals surface area contributed by atoms with Crippen LogP contribution in [0, 0.1) is 0 Å². The molecule has 3 nitrogen and oxygen atoms in total. The van der Waals surface area contributed by atoms with Gasteiger partial charge in [-0.3, -0.25) is 0 Å². The van der Waals surface area contributed by atoms with E-state index < -0.39 is 24.9 Å². The SMILES string of the molecule is CCC(OC)[Si](OCC[SiH](C)C)(C(CC)OC)[SiH](C)C. The van der Waals surface area contributed by atoms with Gasteiger partial charge in [0.2, 0.25) is 7.83 Å². The van der Waals surface area contributed by atoms with Crippen LogP contribution in [-0.4, -0.2) is 57.2 Å². The lowest BCUT2D eigenvalue weighted by molar-refractivity contribution is 0.0862. The molecule has 0 aliphatic heterocycles. The van der Waals surface area contributed by atoms with Gasteiger partial charge < -0.3 is 13.9 Å². The third-order valence-electron chi connectivity index (χ3n) is 4.27. The molecule has 0 aliphatic carbocycles. The quantitative estimate of drug-likeness (QED) is 0.543. The highest BCUT2D eigenvalue weighted by atomic mass is 29.2. The third kappa shape index (κ3) is 5.07. The fourth-order valence-corrected chi connectivity index (χ4v) is 17.1. The molecule has 0 saturated heterocycles. The predicted octanol–water partition coefficient (Wildman–Crippen LogP) is 2.93. The van der Waals surface area contributed by atoms with Crippen molar-refractivity contribution in [3.05, 3.63) is 0 Å². The molecule has 0 aromatic rings. The van der Waals surface area contributed by atoms with Crippen molar-refractivity contribution in [3.63, 3.8) is 0 Å². The average Bonchev–Trinajstić information content (AvgIpc) is 2.39. The van der Waals surface area contributed by atoms with E-state index in [0.717, 1.165) is 19.4 Å². The highest BCUT2D eigenvalue weighted by Gasteiger charge is 2.52. The van der Waals surface area contributed by atoms with Crippen molar-refractivity contribution in [3.8, 4) is 0 Å². The van der Waals surface area contributed by atoms with E-state index in [1.54, 1.807) is 0 Å². The summed E-state index contributed by atoms with van der Waals surface area (Å²) in [4.78, 5) is 0. The topological polar surface area (TPSA) is 27.7 Å². The fourth-order valence-electron chi connectivity index (χ4n) is 3.11. The van der Waals surface area contributed by atoms with Crippen LogP contribution in [0.15, 0.2) is 0 Å². The Kier molecular flexibility index (Phi) is 10.6. The van der Waals surface area contributed by atoms with Crippen LogP contribution >= 0.6 is 0 Å². The minimum absolute atomic E-state index is 0.271. The molecule has 2 atom stereocenters. The van der Waals surface area contributed by atoms with Gasteiger partial charge in [0.25, 0.3) is 0 Å².